The maximum atomic E-state index is 12.1. The molecule has 3 rings (SSSR count). The summed E-state index contributed by atoms with van der Waals surface area (Å²) in [6.45, 7) is 1.55. The molecule has 1 aliphatic heterocycles. The van der Waals surface area contributed by atoms with Gasteiger partial charge in [-0.3, -0.25) is 9.59 Å². The van der Waals surface area contributed by atoms with Crippen LogP contribution in [0.25, 0.3) is 11.3 Å². The van der Waals surface area contributed by atoms with Gasteiger partial charge in [-0.05, 0) is 37.1 Å². The van der Waals surface area contributed by atoms with E-state index in [1.165, 1.54) is 0 Å². The van der Waals surface area contributed by atoms with Crippen LogP contribution in [0, 0.1) is 0 Å². The van der Waals surface area contributed by atoms with Gasteiger partial charge in [0.15, 0.2) is 0 Å². The van der Waals surface area contributed by atoms with E-state index in [-0.39, 0.29) is 17.0 Å². The summed E-state index contributed by atoms with van der Waals surface area (Å²) in [6, 6.07) is 13.2. The largest absolute Gasteiger partial charge is 0.350 e. The van der Waals surface area contributed by atoms with Crippen LogP contribution in [-0.4, -0.2) is 30.0 Å². The van der Waals surface area contributed by atoms with Gasteiger partial charge in [-0.15, -0.1) is 0 Å². The van der Waals surface area contributed by atoms with Gasteiger partial charge in [0.25, 0.3) is 11.5 Å². The Kier molecular flexibility index (Phi) is 4.34. The van der Waals surface area contributed by atoms with E-state index >= 15 is 0 Å². The van der Waals surface area contributed by atoms with Crippen LogP contribution < -0.4 is 16.2 Å². The second kappa shape index (κ2) is 6.58. The van der Waals surface area contributed by atoms with Crippen molar-refractivity contribution in [1.82, 2.24) is 15.6 Å². The molecule has 5 nitrogen and oxygen atoms in total. The van der Waals surface area contributed by atoms with Gasteiger partial charge in [0.05, 0.1) is 0 Å². The topological polar surface area (TPSA) is 74.0 Å². The molecule has 1 atom stereocenters. The highest BCUT2D eigenvalue weighted by Crippen LogP contribution is 2.14. The average Bonchev–Trinajstić information content (AvgIpc) is 3.07. The van der Waals surface area contributed by atoms with Gasteiger partial charge in [-0.2, -0.15) is 0 Å². The Morgan fingerprint density at radius 3 is 2.68 bits per heavy atom. The third-order valence-corrected chi connectivity index (χ3v) is 3.91. The minimum absolute atomic E-state index is 0.151. The molecule has 0 bridgehead atoms. The quantitative estimate of drug-likeness (QED) is 0.801. The Labute approximate surface area is 128 Å². The van der Waals surface area contributed by atoms with Crippen LogP contribution in [-0.2, 0) is 0 Å². The zero-order valence-electron chi connectivity index (χ0n) is 12.3. The van der Waals surface area contributed by atoms with Crippen molar-refractivity contribution >= 4 is 5.91 Å². The van der Waals surface area contributed by atoms with Crippen molar-refractivity contribution in [3.8, 4) is 11.3 Å². The Bertz CT molecular complexity index is 703. The third kappa shape index (κ3) is 3.26. The summed E-state index contributed by atoms with van der Waals surface area (Å²) in [5.74, 6) is -0.324. The molecule has 1 unspecified atom stereocenters. The number of H-pyrrole nitrogens is 1. The zero-order chi connectivity index (χ0) is 15.4. The molecular formula is C17H19N3O2. The van der Waals surface area contributed by atoms with Crippen molar-refractivity contribution in [2.24, 2.45) is 0 Å². The van der Waals surface area contributed by atoms with Crippen LogP contribution in [0.1, 0.15) is 23.2 Å². The molecule has 1 fully saturated rings. The van der Waals surface area contributed by atoms with Crippen molar-refractivity contribution in [2.45, 2.75) is 18.9 Å². The predicted octanol–water partition coefficient (Wildman–Crippen LogP) is 1.52. The molecule has 0 radical (unpaired) electrons. The smallest absolute Gasteiger partial charge is 0.261 e. The van der Waals surface area contributed by atoms with Crippen LogP contribution in [0.3, 0.4) is 0 Å². The predicted molar refractivity (Wildman–Crippen MR) is 85.9 cm³/mol. The van der Waals surface area contributed by atoms with Gasteiger partial charge in [-0.1, -0.05) is 30.3 Å². The lowest BCUT2D eigenvalue weighted by Crippen LogP contribution is -2.38. The van der Waals surface area contributed by atoms with Crippen molar-refractivity contribution in [3.63, 3.8) is 0 Å². The van der Waals surface area contributed by atoms with Gasteiger partial charge < -0.3 is 15.6 Å². The Morgan fingerprint density at radius 1 is 1.18 bits per heavy atom. The Hall–Kier alpha value is -2.40. The summed E-state index contributed by atoms with van der Waals surface area (Å²) in [4.78, 5) is 27.0. The maximum Gasteiger partial charge on any atom is 0.261 e. The average molecular weight is 297 g/mol. The van der Waals surface area contributed by atoms with E-state index < -0.39 is 0 Å². The minimum Gasteiger partial charge on any atom is -0.350 e. The number of carbonyl (C=O) groups excluding carboxylic acids is 1. The zero-order valence-corrected chi connectivity index (χ0v) is 12.3. The van der Waals surface area contributed by atoms with E-state index in [1.807, 2.05) is 30.3 Å². The lowest BCUT2D eigenvalue weighted by atomic mass is 10.1. The fourth-order valence-electron chi connectivity index (χ4n) is 2.68. The molecule has 3 N–H and O–H groups in total. The van der Waals surface area contributed by atoms with Gasteiger partial charge in [0.1, 0.15) is 5.56 Å². The highest BCUT2D eigenvalue weighted by atomic mass is 16.2. The fourth-order valence-corrected chi connectivity index (χ4v) is 2.68. The normalized spacial score (nSPS) is 17.4. The first-order valence-electron chi connectivity index (χ1n) is 7.54. The van der Waals surface area contributed by atoms with Gasteiger partial charge in [-0.25, -0.2) is 0 Å². The molecule has 0 spiro atoms. The van der Waals surface area contributed by atoms with E-state index in [2.05, 4.69) is 15.6 Å². The second-order valence-electron chi connectivity index (χ2n) is 5.48. The van der Waals surface area contributed by atoms with Crippen molar-refractivity contribution in [1.29, 1.82) is 0 Å². The number of aromatic amines is 1. The second-order valence-corrected chi connectivity index (χ2v) is 5.48. The molecule has 5 heteroatoms. The number of benzene rings is 1. The van der Waals surface area contributed by atoms with Crippen LogP contribution in [0.4, 0.5) is 0 Å². The number of aromatic nitrogens is 1. The summed E-state index contributed by atoms with van der Waals surface area (Å²) in [6.07, 6.45) is 2.19. The molecule has 1 saturated heterocycles. The number of nitrogens with one attached hydrogen (secondary N) is 3. The van der Waals surface area contributed by atoms with E-state index in [0.717, 1.165) is 24.9 Å². The van der Waals surface area contributed by atoms with Crippen LogP contribution >= 0.6 is 0 Å². The highest BCUT2D eigenvalue weighted by molar-refractivity contribution is 5.94. The first kappa shape index (κ1) is 14.5. The minimum atomic E-state index is -0.363. The summed E-state index contributed by atoms with van der Waals surface area (Å²) in [7, 11) is 0. The fraction of sp³-hybridized carbons (Fsp3) is 0.294. The molecule has 1 aromatic carbocycles. The molecule has 114 valence electrons. The van der Waals surface area contributed by atoms with Crippen molar-refractivity contribution < 1.29 is 4.79 Å². The maximum absolute atomic E-state index is 12.1. The molecule has 22 heavy (non-hydrogen) atoms. The van der Waals surface area contributed by atoms with Crippen LogP contribution in [0.15, 0.2) is 47.3 Å². The summed E-state index contributed by atoms with van der Waals surface area (Å²) >= 11 is 0. The molecule has 1 aromatic heterocycles. The lowest BCUT2D eigenvalue weighted by molar-refractivity contribution is 0.0949. The number of rotatable bonds is 4. The highest BCUT2D eigenvalue weighted by Gasteiger charge is 2.16. The number of hydrogen-bond acceptors (Lipinski definition) is 3. The van der Waals surface area contributed by atoms with Gasteiger partial charge in [0, 0.05) is 18.3 Å². The first-order chi connectivity index (χ1) is 10.7. The van der Waals surface area contributed by atoms with Crippen LogP contribution in [0.2, 0.25) is 0 Å². The summed E-state index contributed by atoms with van der Waals surface area (Å²) < 4.78 is 0. The number of amides is 1. The van der Waals surface area contributed by atoms with Crippen molar-refractivity contribution in [2.75, 3.05) is 13.1 Å². The summed E-state index contributed by atoms with van der Waals surface area (Å²) in [5.41, 5.74) is 1.41. The first-order valence-corrected chi connectivity index (χ1v) is 7.54. The third-order valence-electron chi connectivity index (χ3n) is 3.91. The molecule has 0 aliphatic carbocycles. The summed E-state index contributed by atoms with van der Waals surface area (Å²) in [5, 5.41) is 6.13. The molecule has 2 heterocycles. The molecule has 2 aromatic rings. The van der Waals surface area contributed by atoms with Gasteiger partial charge >= 0.3 is 0 Å². The van der Waals surface area contributed by atoms with Crippen molar-refractivity contribution in [3.05, 3.63) is 58.4 Å². The van der Waals surface area contributed by atoms with Crippen LogP contribution in [0.5, 0.6) is 0 Å². The standard InChI is InChI=1S/C17H19N3O2/c21-16(19-11-13-7-4-10-18-13)14-8-9-15(20-17(14)22)12-5-2-1-3-6-12/h1-3,5-6,8-9,13,18H,4,7,10-11H2,(H,19,21)(H,20,22). The van der Waals surface area contributed by atoms with Gasteiger partial charge in [0.2, 0.25) is 0 Å². The van der Waals surface area contributed by atoms with E-state index in [0.29, 0.717) is 18.3 Å². The Morgan fingerprint density at radius 2 is 2.00 bits per heavy atom. The molecular weight excluding hydrogens is 278 g/mol. The molecule has 1 aliphatic rings. The number of hydrogen-bond donors (Lipinski definition) is 3. The monoisotopic (exact) mass is 297 g/mol. The number of carbonyl (C=O) groups is 1. The lowest BCUT2D eigenvalue weighted by Gasteiger charge is -2.11. The number of pyridine rings is 1. The van der Waals surface area contributed by atoms with E-state index in [9.17, 15) is 9.59 Å². The molecule has 0 saturated carbocycles. The molecule has 1 amide bonds. The van der Waals surface area contributed by atoms with E-state index in [1.54, 1.807) is 12.1 Å². The van der Waals surface area contributed by atoms with E-state index in [4.69, 9.17) is 0 Å². The SMILES string of the molecule is O=C(NCC1CCCN1)c1ccc(-c2ccccc2)[nH]c1=O. The Balaban J connectivity index is 1.71.